The van der Waals surface area contributed by atoms with Crippen LogP contribution in [0.15, 0.2) is 108 Å². The van der Waals surface area contributed by atoms with Crippen LogP contribution in [0.5, 0.6) is 11.5 Å². The fourth-order valence-electron chi connectivity index (χ4n) is 6.07. The number of nitrogens with zero attached hydrogens (tertiary/aromatic N) is 1. The van der Waals surface area contributed by atoms with Crippen molar-refractivity contribution in [2.45, 2.75) is 45.8 Å². The number of allylic oxidation sites excluding steroid dienone is 1. The number of carbonyl (C=O) groups excluding carboxylic acids is 2. The number of carbonyl (C=O) groups is 2. The molecular formula is C37H35ClN2O5. The zero-order chi connectivity index (χ0) is 31.6. The summed E-state index contributed by atoms with van der Waals surface area (Å²) in [6.07, 6.45) is 0.687. The Hall–Kier alpha value is -4.75. The number of fused-ring (bicyclic) bond motifs is 1. The second-order valence-electron chi connectivity index (χ2n) is 12.2. The van der Waals surface area contributed by atoms with Crippen LogP contribution < -0.4 is 15.0 Å². The van der Waals surface area contributed by atoms with Crippen molar-refractivity contribution in [2.24, 2.45) is 5.41 Å². The third-order valence-corrected chi connectivity index (χ3v) is 8.51. The quantitative estimate of drug-likeness (QED) is 0.201. The van der Waals surface area contributed by atoms with Crippen molar-refractivity contribution in [2.75, 3.05) is 16.8 Å². The maximum atomic E-state index is 14.1. The number of rotatable bonds is 7. The van der Waals surface area contributed by atoms with Crippen molar-refractivity contribution >= 4 is 34.9 Å². The third-order valence-electron chi connectivity index (χ3n) is 8.18. The van der Waals surface area contributed by atoms with Crippen LogP contribution in [0.2, 0.25) is 5.02 Å². The lowest BCUT2D eigenvalue weighted by Gasteiger charge is -2.37. The van der Waals surface area contributed by atoms with Crippen molar-refractivity contribution < 1.29 is 24.2 Å². The first kappa shape index (κ1) is 30.3. The normalized spacial score (nSPS) is 17.1. The lowest BCUT2D eigenvalue weighted by molar-refractivity contribution is -0.118. The van der Waals surface area contributed by atoms with Gasteiger partial charge >= 0.3 is 6.09 Å². The number of phenolic OH excluding ortho intramolecular Hbond substituents is 1. The van der Waals surface area contributed by atoms with Crippen LogP contribution in [0, 0.1) is 5.41 Å². The zero-order valence-electron chi connectivity index (χ0n) is 25.3. The SMILES string of the molecule is CC1(C)CC(=O)C2=C(C1)Nc1c(O)cccc1N(C(=O)OCCc1ccccc1)C2c1ccc(OCc2ccccc2)cc1Cl. The van der Waals surface area contributed by atoms with E-state index < -0.39 is 12.1 Å². The molecule has 1 atom stereocenters. The minimum atomic E-state index is -0.918. The molecule has 1 unspecified atom stereocenters. The van der Waals surface area contributed by atoms with E-state index in [1.807, 2.05) is 74.5 Å². The van der Waals surface area contributed by atoms with Crippen LogP contribution in [-0.4, -0.2) is 23.6 Å². The molecule has 1 heterocycles. The van der Waals surface area contributed by atoms with Gasteiger partial charge in [0, 0.05) is 29.1 Å². The first-order chi connectivity index (χ1) is 21.7. The summed E-state index contributed by atoms with van der Waals surface area (Å²) >= 11 is 6.98. The number of ketones is 1. The van der Waals surface area contributed by atoms with E-state index in [4.69, 9.17) is 21.1 Å². The molecule has 2 aliphatic rings. The number of Topliss-reactive ketones (excluding diaryl/α,β-unsaturated/α-hetero) is 1. The van der Waals surface area contributed by atoms with Crippen LogP contribution in [0.1, 0.15) is 49.4 Å². The van der Waals surface area contributed by atoms with Gasteiger partial charge in [-0.25, -0.2) is 4.79 Å². The smallest absolute Gasteiger partial charge is 0.415 e. The van der Waals surface area contributed by atoms with Crippen LogP contribution in [0.4, 0.5) is 16.2 Å². The molecule has 4 aromatic carbocycles. The largest absolute Gasteiger partial charge is 0.506 e. The molecule has 4 aromatic rings. The third kappa shape index (κ3) is 6.54. The van der Waals surface area contributed by atoms with Gasteiger partial charge in [0.1, 0.15) is 23.8 Å². The standard InChI is InChI=1S/C37H35ClN2O5/c1-37(2)21-29-33(32(42)22-37)35(27-17-16-26(20-28(27)38)45-23-25-12-7-4-8-13-25)40(30-14-9-15-31(41)34(30)39-29)36(43)44-19-18-24-10-5-3-6-11-24/h3-17,20,35,39,41H,18-19,21-23H2,1-2H3. The molecule has 0 radical (unpaired) electrons. The minimum absolute atomic E-state index is 0.0475. The summed E-state index contributed by atoms with van der Waals surface area (Å²) in [4.78, 5) is 29.6. The summed E-state index contributed by atoms with van der Waals surface area (Å²) in [5.74, 6) is 0.405. The predicted octanol–water partition coefficient (Wildman–Crippen LogP) is 8.62. The fourth-order valence-corrected chi connectivity index (χ4v) is 6.34. The van der Waals surface area contributed by atoms with E-state index >= 15 is 0 Å². The molecule has 0 saturated heterocycles. The second-order valence-corrected chi connectivity index (χ2v) is 12.6. The molecule has 0 fully saturated rings. The second kappa shape index (κ2) is 12.7. The zero-order valence-corrected chi connectivity index (χ0v) is 26.0. The van der Waals surface area contributed by atoms with Gasteiger partial charge in [0.25, 0.3) is 0 Å². The Balaban J connectivity index is 1.42. The molecule has 230 valence electrons. The van der Waals surface area contributed by atoms with Crippen LogP contribution in [-0.2, 0) is 22.6 Å². The summed E-state index contributed by atoms with van der Waals surface area (Å²) in [5.41, 5.74) is 4.03. The molecule has 7 nitrogen and oxygen atoms in total. The van der Waals surface area contributed by atoms with Gasteiger partial charge in [-0.1, -0.05) is 98.2 Å². The number of benzene rings is 4. The van der Waals surface area contributed by atoms with Crippen molar-refractivity contribution in [3.8, 4) is 11.5 Å². The molecule has 0 spiro atoms. The van der Waals surface area contributed by atoms with Crippen molar-refractivity contribution in [3.63, 3.8) is 0 Å². The lowest BCUT2D eigenvalue weighted by Crippen LogP contribution is -2.40. The number of halogens is 1. The highest BCUT2D eigenvalue weighted by atomic mass is 35.5. The van der Waals surface area contributed by atoms with Crippen LogP contribution in [0.25, 0.3) is 0 Å². The summed E-state index contributed by atoms with van der Waals surface area (Å²) in [6, 6.07) is 28.9. The van der Waals surface area contributed by atoms with E-state index in [0.29, 0.717) is 64.8 Å². The molecule has 6 rings (SSSR count). The number of anilines is 2. The Morgan fingerprint density at radius 2 is 1.67 bits per heavy atom. The summed E-state index contributed by atoms with van der Waals surface area (Å²) in [6.45, 7) is 4.55. The van der Waals surface area contributed by atoms with E-state index in [9.17, 15) is 14.7 Å². The highest BCUT2D eigenvalue weighted by Crippen LogP contribution is 2.51. The average Bonchev–Trinajstić information content (AvgIpc) is 3.16. The highest BCUT2D eigenvalue weighted by Gasteiger charge is 2.45. The van der Waals surface area contributed by atoms with Crippen LogP contribution in [0.3, 0.4) is 0 Å². The van der Waals surface area contributed by atoms with E-state index in [0.717, 1.165) is 11.1 Å². The van der Waals surface area contributed by atoms with E-state index in [2.05, 4.69) is 5.32 Å². The first-order valence-electron chi connectivity index (χ1n) is 15.0. The van der Waals surface area contributed by atoms with Gasteiger partial charge in [-0.2, -0.15) is 0 Å². The van der Waals surface area contributed by atoms with Gasteiger partial charge in [-0.15, -0.1) is 0 Å². The number of amides is 1. The Kier molecular flexibility index (Phi) is 8.55. The van der Waals surface area contributed by atoms with E-state index in [1.54, 1.807) is 36.4 Å². The van der Waals surface area contributed by atoms with Gasteiger partial charge < -0.3 is 19.9 Å². The fraction of sp³-hybridized carbons (Fsp3) is 0.243. The van der Waals surface area contributed by atoms with Gasteiger partial charge in [0.05, 0.1) is 18.3 Å². The van der Waals surface area contributed by atoms with E-state index in [-0.39, 0.29) is 23.6 Å². The number of nitrogens with one attached hydrogen (secondary N) is 1. The highest BCUT2D eigenvalue weighted by molar-refractivity contribution is 6.31. The lowest BCUT2D eigenvalue weighted by atomic mass is 9.73. The van der Waals surface area contributed by atoms with Crippen molar-refractivity contribution in [1.82, 2.24) is 0 Å². The first-order valence-corrected chi connectivity index (χ1v) is 15.4. The molecule has 45 heavy (non-hydrogen) atoms. The number of ether oxygens (including phenoxy) is 2. The van der Waals surface area contributed by atoms with Gasteiger partial charge in [-0.3, -0.25) is 9.69 Å². The molecule has 1 aliphatic heterocycles. The molecule has 0 saturated carbocycles. The topological polar surface area (TPSA) is 88.1 Å². The van der Waals surface area contributed by atoms with Gasteiger partial charge in [0.2, 0.25) is 0 Å². The van der Waals surface area contributed by atoms with Gasteiger partial charge in [0.15, 0.2) is 5.78 Å². The van der Waals surface area contributed by atoms with Gasteiger partial charge in [-0.05, 0) is 52.8 Å². The van der Waals surface area contributed by atoms with Crippen molar-refractivity contribution in [1.29, 1.82) is 0 Å². The number of phenols is 1. The monoisotopic (exact) mass is 622 g/mol. The van der Waals surface area contributed by atoms with Crippen molar-refractivity contribution in [3.05, 3.63) is 130 Å². The summed E-state index contributed by atoms with van der Waals surface area (Å²) < 4.78 is 11.9. The molecule has 0 bridgehead atoms. The molecule has 1 amide bonds. The number of hydrogen-bond acceptors (Lipinski definition) is 6. The molecular weight excluding hydrogens is 588 g/mol. The Bertz CT molecular complexity index is 1750. The summed E-state index contributed by atoms with van der Waals surface area (Å²) in [7, 11) is 0. The maximum Gasteiger partial charge on any atom is 0.415 e. The average molecular weight is 623 g/mol. The maximum absolute atomic E-state index is 14.1. The Morgan fingerprint density at radius 1 is 0.956 bits per heavy atom. The number of aromatic hydroxyl groups is 1. The Labute approximate surface area is 268 Å². The van der Waals surface area contributed by atoms with E-state index in [1.165, 1.54) is 4.90 Å². The molecule has 2 N–H and O–H groups in total. The molecule has 0 aromatic heterocycles. The molecule has 1 aliphatic carbocycles. The predicted molar refractivity (Wildman–Crippen MR) is 176 cm³/mol. The summed E-state index contributed by atoms with van der Waals surface area (Å²) in [5, 5.41) is 14.7. The molecule has 8 heteroatoms. The van der Waals surface area contributed by atoms with Crippen LogP contribution >= 0.6 is 11.6 Å². The minimum Gasteiger partial charge on any atom is -0.506 e. The number of hydrogen-bond donors (Lipinski definition) is 2. The Morgan fingerprint density at radius 3 is 2.38 bits per heavy atom. The number of para-hydroxylation sites is 1.